The van der Waals surface area contributed by atoms with E-state index in [0.29, 0.717) is 24.6 Å². The molecule has 1 amide bonds. The predicted octanol–water partition coefficient (Wildman–Crippen LogP) is 3.61. The molecule has 0 saturated carbocycles. The van der Waals surface area contributed by atoms with Gasteiger partial charge in [0, 0.05) is 28.8 Å². The maximum absolute atomic E-state index is 12.0. The van der Waals surface area contributed by atoms with Crippen LogP contribution < -0.4 is 16.4 Å². The molecule has 25 heavy (non-hydrogen) atoms. The zero-order valence-electron chi connectivity index (χ0n) is 14.5. The zero-order chi connectivity index (χ0) is 18.2. The van der Waals surface area contributed by atoms with Gasteiger partial charge < -0.3 is 16.4 Å². The number of nitrogens with two attached hydrogens (primary N) is 1. The van der Waals surface area contributed by atoms with Crippen LogP contribution in [0.5, 0.6) is 0 Å². The minimum absolute atomic E-state index is 0.0854. The average Bonchev–Trinajstić information content (AvgIpc) is 2.54. The van der Waals surface area contributed by atoms with Crippen molar-refractivity contribution in [3.8, 4) is 0 Å². The maximum Gasteiger partial charge on any atom is 0.251 e. The van der Waals surface area contributed by atoms with Crippen LogP contribution in [0, 0.1) is 13.8 Å². The lowest BCUT2D eigenvalue weighted by Gasteiger charge is -2.08. The summed E-state index contributed by atoms with van der Waals surface area (Å²) in [4.78, 5) is 16.2. The van der Waals surface area contributed by atoms with Crippen molar-refractivity contribution in [2.45, 2.75) is 20.3 Å². The number of guanidine groups is 1. The minimum Gasteiger partial charge on any atom is -0.370 e. The number of hydrogen-bond donors (Lipinski definition) is 3. The summed E-state index contributed by atoms with van der Waals surface area (Å²) in [6.07, 6.45) is 0.720. The third kappa shape index (κ3) is 6.58. The van der Waals surface area contributed by atoms with Crippen molar-refractivity contribution in [3.63, 3.8) is 0 Å². The predicted molar refractivity (Wildman–Crippen MR) is 107 cm³/mol. The van der Waals surface area contributed by atoms with Crippen LogP contribution >= 0.6 is 15.9 Å². The molecule has 0 heterocycles. The van der Waals surface area contributed by atoms with Crippen molar-refractivity contribution >= 4 is 33.5 Å². The fourth-order valence-corrected chi connectivity index (χ4v) is 2.68. The third-order valence-corrected chi connectivity index (χ3v) is 4.03. The van der Waals surface area contributed by atoms with Crippen molar-refractivity contribution in [1.82, 2.24) is 5.32 Å². The van der Waals surface area contributed by atoms with Gasteiger partial charge >= 0.3 is 0 Å². The number of hydrogen-bond acceptors (Lipinski definition) is 2. The number of halogens is 1. The van der Waals surface area contributed by atoms with Gasteiger partial charge in [-0.15, -0.1) is 0 Å². The number of nitrogens with one attached hydrogen (secondary N) is 2. The van der Waals surface area contributed by atoms with E-state index in [-0.39, 0.29) is 5.91 Å². The molecular weight excluding hydrogens is 380 g/mol. The van der Waals surface area contributed by atoms with Gasteiger partial charge in [0.1, 0.15) is 0 Å². The summed E-state index contributed by atoms with van der Waals surface area (Å²) in [6.45, 7) is 5.18. The molecule has 0 radical (unpaired) electrons. The van der Waals surface area contributed by atoms with Crippen LogP contribution in [-0.2, 0) is 0 Å². The Labute approximate surface area is 156 Å². The Morgan fingerprint density at radius 1 is 1.12 bits per heavy atom. The molecule has 0 aliphatic heterocycles. The molecule has 0 fully saturated rings. The molecule has 0 aliphatic rings. The zero-order valence-corrected chi connectivity index (χ0v) is 16.1. The topological polar surface area (TPSA) is 79.5 Å². The molecule has 2 rings (SSSR count). The van der Waals surface area contributed by atoms with Crippen molar-refractivity contribution in [3.05, 3.63) is 63.6 Å². The summed E-state index contributed by atoms with van der Waals surface area (Å²) < 4.78 is 0.949. The van der Waals surface area contributed by atoms with E-state index in [1.165, 1.54) is 11.1 Å². The van der Waals surface area contributed by atoms with Crippen LogP contribution in [0.1, 0.15) is 27.9 Å². The second kappa shape index (κ2) is 9.22. The van der Waals surface area contributed by atoms with Gasteiger partial charge in [0.25, 0.3) is 5.91 Å². The SMILES string of the molecule is Cc1cc(C)cc(NC(N)=NCCCNC(=O)c2ccc(Br)cc2)c1. The van der Waals surface area contributed by atoms with E-state index in [0.717, 1.165) is 16.6 Å². The van der Waals surface area contributed by atoms with Gasteiger partial charge in [-0.3, -0.25) is 9.79 Å². The van der Waals surface area contributed by atoms with Gasteiger partial charge in [0.05, 0.1) is 0 Å². The first-order chi connectivity index (χ1) is 11.9. The lowest BCUT2D eigenvalue weighted by molar-refractivity contribution is 0.0953. The number of aliphatic imine (C=N–C) groups is 1. The van der Waals surface area contributed by atoms with E-state index < -0.39 is 0 Å². The quantitative estimate of drug-likeness (QED) is 0.392. The van der Waals surface area contributed by atoms with Gasteiger partial charge in [-0.2, -0.15) is 0 Å². The van der Waals surface area contributed by atoms with Crippen molar-refractivity contribution < 1.29 is 4.79 Å². The van der Waals surface area contributed by atoms with E-state index in [1.807, 2.05) is 38.1 Å². The van der Waals surface area contributed by atoms with E-state index in [1.54, 1.807) is 12.1 Å². The minimum atomic E-state index is -0.0854. The Balaban J connectivity index is 1.73. The standard InChI is InChI=1S/C19H23BrN4O/c1-13-10-14(2)12-17(11-13)24-19(21)23-9-3-8-22-18(25)15-4-6-16(20)7-5-15/h4-7,10-12H,3,8-9H2,1-2H3,(H,22,25)(H3,21,23,24). The van der Waals surface area contributed by atoms with Crippen LogP contribution in [0.4, 0.5) is 5.69 Å². The van der Waals surface area contributed by atoms with Crippen LogP contribution in [-0.4, -0.2) is 25.0 Å². The third-order valence-electron chi connectivity index (χ3n) is 3.50. The maximum atomic E-state index is 12.0. The number of carbonyl (C=O) groups is 1. The first-order valence-electron chi connectivity index (χ1n) is 8.13. The summed E-state index contributed by atoms with van der Waals surface area (Å²) in [5.41, 5.74) is 9.82. The van der Waals surface area contributed by atoms with Crippen LogP contribution in [0.15, 0.2) is 51.9 Å². The monoisotopic (exact) mass is 402 g/mol. The molecular formula is C19H23BrN4O. The van der Waals surface area contributed by atoms with Crippen LogP contribution in [0.25, 0.3) is 0 Å². The molecule has 0 aliphatic carbocycles. The van der Waals surface area contributed by atoms with Crippen molar-refractivity contribution in [2.24, 2.45) is 10.7 Å². The molecule has 132 valence electrons. The number of aryl methyl sites for hydroxylation is 2. The van der Waals surface area contributed by atoms with Crippen LogP contribution in [0.3, 0.4) is 0 Å². The summed E-state index contributed by atoms with van der Waals surface area (Å²) in [6, 6.07) is 13.4. The Hall–Kier alpha value is -2.34. The van der Waals surface area contributed by atoms with E-state index in [9.17, 15) is 4.79 Å². The summed E-state index contributed by atoms with van der Waals surface area (Å²) in [5.74, 6) is 0.294. The van der Waals surface area contributed by atoms with Gasteiger partial charge in [-0.1, -0.05) is 22.0 Å². The fourth-order valence-electron chi connectivity index (χ4n) is 2.42. The van der Waals surface area contributed by atoms with Gasteiger partial charge in [0.15, 0.2) is 5.96 Å². The van der Waals surface area contributed by atoms with Gasteiger partial charge in [0.2, 0.25) is 0 Å². The van der Waals surface area contributed by atoms with Gasteiger partial charge in [-0.05, 0) is 67.8 Å². The number of anilines is 1. The second-order valence-corrected chi connectivity index (χ2v) is 6.80. The normalized spacial score (nSPS) is 11.2. The van der Waals surface area contributed by atoms with E-state index >= 15 is 0 Å². The molecule has 0 aromatic heterocycles. The molecule has 2 aromatic carbocycles. The molecule has 0 saturated heterocycles. The van der Waals surface area contributed by atoms with Crippen molar-refractivity contribution in [2.75, 3.05) is 18.4 Å². The number of rotatable bonds is 6. The highest BCUT2D eigenvalue weighted by Gasteiger charge is 2.03. The number of amides is 1. The second-order valence-electron chi connectivity index (χ2n) is 5.88. The average molecular weight is 403 g/mol. The molecule has 0 unspecified atom stereocenters. The fraction of sp³-hybridized carbons (Fsp3) is 0.263. The molecule has 0 atom stereocenters. The molecule has 6 heteroatoms. The number of carbonyl (C=O) groups excluding carboxylic acids is 1. The Morgan fingerprint density at radius 2 is 1.76 bits per heavy atom. The number of benzene rings is 2. The summed E-state index contributed by atoms with van der Waals surface area (Å²) in [5, 5.41) is 5.96. The molecule has 0 spiro atoms. The molecule has 2 aromatic rings. The smallest absolute Gasteiger partial charge is 0.251 e. The van der Waals surface area contributed by atoms with Crippen LogP contribution in [0.2, 0.25) is 0 Å². The van der Waals surface area contributed by atoms with Gasteiger partial charge in [-0.25, -0.2) is 0 Å². The lowest BCUT2D eigenvalue weighted by atomic mass is 10.1. The van der Waals surface area contributed by atoms with Crippen molar-refractivity contribution in [1.29, 1.82) is 0 Å². The highest BCUT2D eigenvalue weighted by atomic mass is 79.9. The highest BCUT2D eigenvalue weighted by molar-refractivity contribution is 9.10. The largest absolute Gasteiger partial charge is 0.370 e. The first-order valence-corrected chi connectivity index (χ1v) is 8.92. The van der Waals surface area contributed by atoms with E-state index in [4.69, 9.17) is 5.73 Å². The summed E-state index contributed by atoms with van der Waals surface area (Å²) >= 11 is 3.35. The summed E-state index contributed by atoms with van der Waals surface area (Å²) in [7, 11) is 0. The lowest BCUT2D eigenvalue weighted by Crippen LogP contribution is -2.26. The number of nitrogens with zero attached hydrogens (tertiary/aromatic N) is 1. The molecule has 4 N–H and O–H groups in total. The first kappa shape index (κ1) is 19.0. The Morgan fingerprint density at radius 3 is 2.40 bits per heavy atom. The Bertz CT molecular complexity index is 736. The Kier molecular flexibility index (Phi) is 7.01. The highest BCUT2D eigenvalue weighted by Crippen LogP contribution is 2.13. The molecule has 0 bridgehead atoms. The molecule has 5 nitrogen and oxygen atoms in total. The van der Waals surface area contributed by atoms with E-state index in [2.05, 4.69) is 37.6 Å².